The quantitative estimate of drug-likeness (QED) is 0.0741. The number of pyridine rings is 1. The van der Waals surface area contributed by atoms with Crippen LogP contribution in [0.15, 0.2) is 60.8 Å². The number of carbonyl (C=O) groups is 1. The summed E-state index contributed by atoms with van der Waals surface area (Å²) in [6.45, 7) is 2.25. The maximum Gasteiger partial charge on any atom is 0.265 e. The van der Waals surface area contributed by atoms with Crippen LogP contribution in [0.4, 0.5) is 0 Å². The third kappa shape index (κ3) is 18.8. The lowest BCUT2D eigenvalue weighted by Gasteiger charge is -2.23. The summed E-state index contributed by atoms with van der Waals surface area (Å²) < 4.78 is 21.5. The number of amides is 1. The fraction of sp³-hybridized carbons (Fsp3) is 0.576. The smallest absolute Gasteiger partial charge is 0.265 e. The topological polar surface area (TPSA) is 121 Å². The van der Waals surface area contributed by atoms with Gasteiger partial charge in [0, 0.05) is 12.6 Å². The lowest BCUT2D eigenvalue weighted by atomic mass is 10.1. The van der Waals surface area contributed by atoms with Crippen molar-refractivity contribution in [1.82, 2.24) is 10.3 Å². The molecule has 9 heteroatoms. The minimum atomic E-state index is -4.90. The molecule has 1 heterocycles. The molecule has 0 aliphatic rings. The van der Waals surface area contributed by atoms with Gasteiger partial charge in [0.05, 0.1) is 18.3 Å². The van der Waals surface area contributed by atoms with Crippen LogP contribution in [0.2, 0.25) is 0 Å². The van der Waals surface area contributed by atoms with Gasteiger partial charge in [-0.2, -0.15) is 0 Å². The summed E-state index contributed by atoms with van der Waals surface area (Å²) in [6, 6.07) is 12.4. The van der Waals surface area contributed by atoms with E-state index in [1.54, 1.807) is 6.20 Å². The molecule has 0 aliphatic heterocycles. The second-order valence-corrected chi connectivity index (χ2v) is 12.0. The standard InChI is InChI=1S/C33H51N2O6P/c1-2-3-4-5-6-7-8-9-10-11-12-13-14-15-16-20-33(36)35-31(28-41-42(37,38)39)26-29-21-23-32(24-22-29)40-27-30-19-17-18-25-34-30/h9-10,17-19,21-25,31H,2-8,11-16,20,26-28H2,1H3,(H,35,36)(H2,37,38,39)/p-1/b10-9-/t31-/m0/s1. The summed E-state index contributed by atoms with van der Waals surface area (Å²) in [5, 5.41) is 2.87. The third-order valence-corrected chi connectivity index (χ3v) is 7.46. The number of allylic oxidation sites excluding steroid dienone is 2. The van der Waals surface area contributed by atoms with Crippen molar-refractivity contribution in [3.63, 3.8) is 0 Å². The highest BCUT2D eigenvalue weighted by molar-refractivity contribution is 7.44. The average Bonchev–Trinajstić information content (AvgIpc) is 2.97. The Bertz CT molecular complexity index is 1040. The van der Waals surface area contributed by atoms with Crippen LogP contribution in [0.25, 0.3) is 0 Å². The normalized spacial score (nSPS) is 13.6. The van der Waals surface area contributed by atoms with Crippen LogP contribution in [-0.4, -0.2) is 28.4 Å². The SMILES string of the molecule is CCCCCCCC/C=C\CCCCCCCC(=O)N[C@H](COP(=O)([O-])O)Cc1ccc(OCc2ccccn2)cc1. The number of phosphoric ester groups is 1. The van der Waals surface area contributed by atoms with E-state index >= 15 is 0 Å². The Balaban J connectivity index is 1.63. The second-order valence-electron chi connectivity index (χ2n) is 10.8. The Morgan fingerprint density at radius 3 is 2.21 bits per heavy atom. The fourth-order valence-electron chi connectivity index (χ4n) is 4.64. The van der Waals surface area contributed by atoms with Gasteiger partial charge >= 0.3 is 0 Å². The van der Waals surface area contributed by atoms with Gasteiger partial charge in [-0.05, 0) is 68.4 Å². The summed E-state index contributed by atoms with van der Waals surface area (Å²) in [7, 11) is -4.90. The number of benzene rings is 1. The molecule has 42 heavy (non-hydrogen) atoms. The van der Waals surface area contributed by atoms with Crippen molar-refractivity contribution in [3.05, 3.63) is 72.1 Å². The molecular formula is C33H50N2O6P-. The summed E-state index contributed by atoms with van der Waals surface area (Å²) in [6.07, 6.45) is 22.5. The first-order valence-corrected chi connectivity index (χ1v) is 17.1. The first-order valence-electron chi connectivity index (χ1n) is 15.6. The molecule has 8 nitrogen and oxygen atoms in total. The summed E-state index contributed by atoms with van der Waals surface area (Å²) in [5.74, 6) is 0.514. The van der Waals surface area contributed by atoms with E-state index in [0.717, 1.165) is 43.4 Å². The molecule has 2 atom stereocenters. The number of nitrogens with one attached hydrogen (secondary N) is 1. The van der Waals surface area contributed by atoms with E-state index in [-0.39, 0.29) is 12.5 Å². The zero-order chi connectivity index (χ0) is 30.3. The third-order valence-electron chi connectivity index (χ3n) is 6.99. The van der Waals surface area contributed by atoms with Gasteiger partial charge in [-0.1, -0.05) is 88.6 Å². The molecule has 0 spiro atoms. The van der Waals surface area contributed by atoms with E-state index < -0.39 is 13.9 Å². The Hall–Kier alpha value is -2.51. The number of phosphoric acid groups is 1. The van der Waals surface area contributed by atoms with Gasteiger partial charge in [0.1, 0.15) is 12.4 Å². The van der Waals surface area contributed by atoms with Crippen LogP contribution in [0.3, 0.4) is 0 Å². The molecule has 0 saturated carbocycles. The molecule has 2 rings (SSSR count). The number of hydrogen-bond donors (Lipinski definition) is 2. The van der Waals surface area contributed by atoms with E-state index in [1.807, 2.05) is 42.5 Å². The van der Waals surface area contributed by atoms with Crippen molar-refractivity contribution in [2.45, 2.75) is 116 Å². The minimum absolute atomic E-state index is 0.157. The highest BCUT2D eigenvalue weighted by atomic mass is 31.2. The number of aromatic nitrogens is 1. The van der Waals surface area contributed by atoms with Crippen LogP contribution in [0.5, 0.6) is 5.75 Å². The lowest BCUT2D eigenvalue weighted by Crippen LogP contribution is -2.39. The predicted octanol–water partition coefficient (Wildman–Crippen LogP) is 7.20. The first-order chi connectivity index (χ1) is 20.4. The Morgan fingerprint density at radius 2 is 1.60 bits per heavy atom. The fourth-order valence-corrected chi connectivity index (χ4v) is 5.01. The van der Waals surface area contributed by atoms with Crippen molar-refractivity contribution in [2.75, 3.05) is 6.61 Å². The molecule has 234 valence electrons. The van der Waals surface area contributed by atoms with E-state index in [9.17, 15) is 14.3 Å². The number of ether oxygens (including phenoxy) is 1. The van der Waals surface area contributed by atoms with Gasteiger partial charge in [0.25, 0.3) is 7.82 Å². The molecular weight excluding hydrogens is 551 g/mol. The highest BCUT2D eigenvalue weighted by Gasteiger charge is 2.16. The Kier molecular flexibility index (Phi) is 18.8. The zero-order valence-corrected chi connectivity index (χ0v) is 26.1. The predicted molar refractivity (Wildman–Crippen MR) is 166 cm³/mol. The van der Waals surface area contributed by atoms with Gasteiger partial charge in [0.2, 0.25) is 5.91 Å². The van der Waals surface area contributed by atoms with Crippen molar-refractivity contribution in [2.24, 2.45) is 0 Å². The summed E-state index contributed by atoms with van der Waals surface area (Å²) in [4.78, 5) is 37.0. The van der Waals surface area contributed by atoms with Gasteiger partial charge in [-0.25, -0.2) is 0 Å². The van der Waals surface area contributed by atoms with Crippen molar-refractivity contribution in [1.29, 1.82) is 0 Å². The number of unbranched alkanes of at least 4 members (excludes halogenated alkanes) is 11. The molecule has 2 N–H and O–H groups in total. The molecule has 2 aromatic rings. The molecule has 1 unspecified atom stereocenters. The van der Waals surface area contributed by atoms with E-state index in [2.05, 4.69) is 33.9 Å². The Morgan fingerprint density at radius 1 is 0.952 bits per heavy atom. The molecule has 1 aromatic heterocycles. The maximum atomic E-state index is 12.6. The van der Waals surface area contributed by atoms with Crippen molar-refractivity contribution >= 4 is 13.7 Å². The van der Waals surface area contributed by atoms with Gasteiger partial charge in [-0.3, -0.25) is 14.3 Å². The van der Waals surface area contributed by atoms with Crippen LogP contribution in [-0.2, 0) is 26.9 Å². The highest BCUT2D eigenvalue weighted by Crippen LogP contribution is 2.30. The summed E-state index contributed by atoms with van der Waals surface area (Å²) >= 11 is 0. The number of hydrogen-bond acceptors (Lipinski definition) is 6. The average molecular weight is 602 g/mol. The number of nitrogens with zero attached hydrogens (tertiary/aromatic N) is 1. The maximum absolute atomic E-state index is 12.6. The van der Waals surface area contributed by atoms with Gasteiger partial charge in [-0.15, -0.1) is 0 Å². The van der Waals surface area contributed by atoms with Gasteiger partial charge in [0.15, 0.2) is 0 Å². The molecule has 0 aliphatic carbocycles. The van der Waals surface area contributed by atoms with Gasteiger partial charge < -0.3 is 24.4 Å². The molecule has 0 bridgehead atoms. The molecule has 1 aromatic carbocycles. The minimum Gasteiger partial charge on any atom is -0.756 e. The second kappa shape index (κ2) is 22.1. The molecule has 0 radical (unpaired) electrons. The van der Waals surface area contributed by atoms with Crippen LogP contribution in [0.1, 0.15) is 108 Å². The van der Waals surface area contributed by atoms with Crippen molar-refractivity contribution in [3.8, 4) is 5.75 Å². The van der Waals surface area contributed by atoms with E-state index in [1.165, 1.54) is 51.4 Å². The number of carbonyl (C=O) groups excluding carboxylic acids is 1. The summed E-state index contributed by atoms with van der Waals surface area (Å²) in [5.41, 5.74) is 1.69. The molecule has 0 saturated heterocycles. The largest absolute Gasteiger partial charge is 0.756 e. The van der Waals surface area contributed by atoms with Crippen LogP contribution >= 0.6 is 7.82 Å². The molecule has 0 fully saturated rings. The van der Waals surface area contributed by atoms with E-state index in [0.29, 0.717) is 25.2 Å². The van der Waals surface area contributed by atoms with Crippen LogP contribution in [0, 0.1) is 0 Å². The van der Waals surface area contributed by atoms with E-state index in [4.69, 9.17) is 9.63 Å². The first kappa shape index (κ1) is 35.7. The van der Waals surface area contributed by atoms with Crippen LogP contribution < -0.4 is 14.9 Å². The number of rotatable bonds is 24. The van der Waals surface area contributed by atoms with Crippen molar-refractivity contribution < 1.29 is 28.4 Å². The molecule has 1 amide bonds. The Labute approximate surface area is 252 Å². The zero-order valence-electron chi connectivity index (χ0n) is 25.3. The monoisotopic (exact) mass is 601 g/mol. The lowest BCUT2D eigenvalue weighted by molar-refractivity contribution is -0.220.